The number of hydrogen-bond acceptors (Lipinski definition) is 7. The SMILES string of the molecule is Cc1ccc(-c2cc(C(F)(F)F)nn2-c2ccc(S(=O)(=O)N(CC(Oc3ncccn3)C(C)(C)C)C(=O)O)cc2)cc1. The molecule has 1 atom stereocenters. The van der Waals surface area contributed by atoms with Crippen molar-refractivity contribution in [1.29, 1.82) is 0 Å². The Morgan fingerprint density at radius 1 is 1.02 bits per heavy atom. The number of ether oxygens (including phenoxy) is 1. The third-order valence-electron chi connectivity index (χ3n) is 6.32. The fraction of sp³-hybridized carbons (Fsp3) is 0.286. The Morgan fingerprint density at radius 2 is 1.62 bits per heavy atom. The van der Waals surface area contributed by atoms with Gasteiger partial charge >= 0.3 is 18.3 Å². The largest absolute Gasteiger partial charge is 0.464 e. The van der Waals surface area contributed by atoms with Crippen molar-refractivity contribution >= 4 is 16.1 Å². The first kappa shape index (κ1) is 30.5. The smallest absolute Gasteiger partial charge is 0.435 e. The summed E-state index contributed by atoms with van der Waals surface area (Å²) in [5.74, 6) is 0. The lowest BCUT2D eigenvalue weighted by Crippen LogP contribution is -2.47. The van der Waals surface area contributed by atoms with Crippen LogP contribution in [-0.4, -0.2) is 56.3 Å². The zero-order valence-corrected chi connectivity index (χ0v) is 23.9. The van der Waals surface area contributed by atoms with Gasteiger partial charge in [0.05, 0.1) is 22.8 Å². The molecule has 0 saturated heterocycles. The summed E-state index contributed by atoms with van der Waals surface area (Å²) in [6.45, 7) is 6.49. The molecule has 0 aliphatic rings. The monoisotopic (exact) mass is 603 g/mol. The average molecular weight is 604 g/mol. The van der Waals surface area contributed by atoms with Crippen LogP contribution in [0.3, 0.4) is 0 Å². The van der Waals surface area contributed by atoms with Crippen LogP contribution in [0.2, 0.25) is 0 Å². The first-order valence-corrected chi connectivity index (χ1v) is 14.1. The summed E-state index contributed by atoms with van der Waals surface area (Å²) in [5, 5.41) is 13.6. The molecule has 2 aromatic carbocycles. The summed E-state index contributed by atoms with van der Waals surface area (Å²) in [6.07, 6.45) is -4.57. The molecule has 0 bridgehead atoms. The van der Waals surface area contributed by atoms with Crippen LogP contribution >= 0.6 is 0 Å². The van der Waals surface area contributed by atoms with Gasteiger partial charge in [-0.3, -0.25) is 0 Å². The number of alkyl halides is 3. The number of nitrogens with zero attached hydrogens (tertiary/aromatic N) is 5. The predicted octanol–water partition coefficient (Wildman–Crippen LogP) is 5.82. The molecule has 42 heavy (non-hydrogen) atoms. The second kappa shape index (κ2) is 11.4. The minimum absolute atomic E-state index is 0.0497. The number of aryl methyl sites for hydroxylation is 1. The van der Waals surface area contributed by atoms with Crippen LogP contribution in [0, 0.1) is 12.3 Å². The number of amides is 1. The van der Waals surface area contributed by atoms with Crippen molar-refractivity contribution < 1.29 is 36.2 Å². The van der Waals surface area contributed by atoms with E-state index in [2.05, 4.69) is 15.1 Å². The summed E-state index contributed by atoms with van der Waals surface area (Å²) in [4.78, 5) is 19.7. The predicted molar refractivity (Wildman–Crippen MR) is 147 cm³/mol. The molecule has 14 heteroatoms. The van der Waals surface area contributed by atoms with Crippen LogP contribution in [0.5, 0.6) is 6.01 Å². The number of aromatic nitrogens is 4. The Balaban J connectivity index is 1.69. The van der Waals surface area contributed by atoms with E-state index >= 15 is 0 Å². The molecule has 0 aliphatic heterocycles. The number of rotatable bonds is 8. The Bertz CT molecular complexity index is 1650. The van der Waals surface area contributed by atoms with Gasteiger partial charge in [-0.1, -0.05) is 50.6 Å². The number of sulfonamides is 1. The number of halogens is 3. The molecule has 2 heterocycles. The Hall–Kier alpha value is -4.46. The summed E-state index contributed by atoms with van der Waals surface area (Å²) in [5.41, 5.74) is -0.198. The van der Waals surface area contributed by atoms with E-state index in [0.29, 0.717) is 5.56 Å². The van der Waals surface area contributed by atoms with E-state index in [-0.39, 0.29) is 21.7 Å². The highest BCUT2D eigenvalue weighted by Gasteiger charge is 2.38. The minimum atomic E-state index is -4.72. The molecule has 2 aromatic heterocycles. The number of hydrogen-bond donors (Lipinski definition) is 1. The lowest BCUT2D eigenvalue weighted by molar-refractivity contribution is -0.141. The molecule has 1 N–H and O–H groups in total. The second-order valence-electron chi connectivity index (χ2n) is 10.5. The highest BCUT2D eigenvalue weighted by atomic mass is 32.2. The maximum absolute atomic E-state index is 13.6. The van der Waals surface area contributed by atoms with E-state index in [1.54, 1.807) is 51.1 Å². The summed E-state index contributed by atoms with van der Waals surface area (Å²) < 4.78 is 74.7. The van der Waals surface area contributed by atoms with Gasteiger partial charge in [-0.15, -0.1) is 0 Å². The molecule has 0 aliphatic carbocycles. The van der Waals surface area contributed by atoms with Crippen LogP contribution in [0.1, 0.15) is 32.0 Å². The van der Waals surface area contributed by atoms with E-state index in [9.17, 15) is 31.5 Å². The normalized spacial score (nSPS) is 13.0. The number of carboxylic acid groups (broad SMARTS) is 1. The van der Waals surface area contributed by atoms with Gasteiger partial charge in [0.15, 0.2) is 5.69 Å². The van der Waals surface area contributed by atoms with Gasteiger partial charge in [-0.25, -0.2) is 27.9 Å². The van der Waals surface area contributed by atoms with Crippen molar-refractivity contribution in [2.75, 3.05) is 6.54 Å². The van der Waals surface area contributed by atoms with Gasteiger partial charge < -0.3 is 9.84 Å². The van der Waals surface area contributed by atoms with Gasteiger partial charge in [0.2, 0.25) is 0 Å². The molecule has 0 spiro atoms. The maximum atomic E-state index is 13.6. The first-order valence-electron chi connectivity index (χ1n) is 12.6. The molecule has 10 nitrogen and oxygen atoms in total. The maximum Gasteiger partial charge on any atom is 0.435 e. The van der Waals surface area contributed by atoms with Crippen LogP contribution in [0.25, 0.3) is 16.9 Å². The highest BCUT2D eigenvalue weighted by Crippen LogP contribution is 2.34. The Kier molecular flexibility index (Phi) is 8.30. The molecule has 0 saturated carbocycles. The van der Waals surface area contributed by atoms with Crippen molar-refractivity contribution in [2.24, 2.45) is 5.41 Å². The third-order valence-corrected chi connectivity index (χ3v) is 8.07. The van der Waals surface area contributed by atoms with Gasteiger partial charge in [0, 0.05) is 23.4 Å². The van der Waals surface area contributed by atoms with Crippen LogP contribution in [0.15, 0.2) is 78.0 Å². The molecule has 1 unspecified atom stereocenters. The van der Waals surface area contributed by atoms with Crippen LogP contribution in [0.4, 0.5) is 18.0 Å². The van der Waals surface area contributed by atoms with E-state index < -0.39 is 50.9 Å². The number of carbonyl (C=O) groups is 1. The van der Waals surface area contributed by atoms with Gasteiger partial charge in [-0.05, 0) is 43.3 Å². The lowest BCUT2D eigenvalue weighted by Gasteiger charge is -2.33. The Labute approximate surface area is 240 Å². The molecule has 0 radical (unpaired) electrons. The van der Waals surface area contributed by atoms with E-state index in [1.807, 2.05) is 6.92 Å². The lowest BCUT2D eigenvalue weighted by atomic mass is 9.89. The average Bonchev–Trinajstić information content (AvgIpc) is 3.37. The topological polar surface area (TPSA) is 128 Å². The second-order valence-corrected chi connectivity index (χ2v) is 12.4. The quantitative estimate of drug-likeness (QED) is 0.267. The fourth-order valence-electron chi connectivity index (χ4n) is 3.92. The van der Waals surface area contributed by atoms with Crippen molar-refractivity contribution in [2.45, 2.75) is 44.9 Å². The molecular weight excluding hydrogens is 575 g/mol. The molecule has 4 aromatic rings. The highest BCUT2D eigenvalue weighted by molar-refractivity contribution is 7.89. The van der Waals surface area contributed by atoms with Gasteiger partial charge in [0.1, 0.15) is 6.10 Å². The molecule has 4 rings (SSSR count). The van der Waals surface area contributed by atoms with E-state index in [1.165, 1.54) is 24.5 Å². The van der Waals surface area contributed by atoms with Crippen molar-refractivity contribution in [3.05, 3.63) is 84.3 Å². The van der Waals surface area contributed by atoms with Crippen LogP contribution < -0.4 is 4.74 Å². The molecular formula is C28H28F3N5O5S. The summed E-state index contributed by atoms with van der Waals surface area (Å²) in [7, 11) is -4.63. The van der Waals surface area contributed by atoms with Gasteiger partial charge in [0.25, 0.3) is 10.0 Å². The van der Waals surface area contributed by atoms with E-state index in [0.717, 1.165) is 28.4 Å². The van der Waals surface area contributed by atoms with Crippen LogP contribution in [-0.2, 0) is 16.2 Å². The molecule has 0 fully saturated rings. The third kappa shape index (κ3) is 6.70. The zero-order valence-electron chi connectivity index (χ0n) is 23.1. The molecule has 222 valence electrons. The van der Waals surface area contributed by atoms with Crippen molar-refractivity contribution in [1.82, 2.24) is 24.1 Å². The first-order chi connectivity index (χ1) is 19.6. The number of benzene rings is 2. The van der Waals surface area contributed by atoms with Gasteiger partial charge in [-0.2, -0.15) is 22.6 Å². The van der Waals surface area contributed by atoms with Crippen molar-refractivity contribution in [3.63, 3.8) is 0 Å². The summed E-state index contributed by atoms with van der Waals surface area (Å²) in [6, 6.07) is 14.0. The summed E-state index contributed by atoms with van der Waals surface area (Å²) >= 11 is 0. The van der Waals surface area contributed by atoms with Crippen molar-refractivity contribution in [3.8, 4) is 23.0 Å². The Morgan fingerprint density at radius 3 is 2.14 bits per heavy atom. The standard InChI is InChI=1S/C28H28F3N5O5S/c1-18-6-8-19(9-7-18)22-16-23(28(29,30)31)34-36(22)20-10-12-21(13-11-20)42(39,40)35(26(37)38)17-24(27(2,3)4)41-25-32-14-5-15-33-25/h5-16,24H,17H2,1-4H3,(H,37,38). The zero-order chi connectivity index (χ0) is 30.9. The minimum Gasteiger partial charge on any atom is -0.464 e. The molecule has 1 amide bonds. The van der Waals surface area contributed by atoms with E-state index in [4.69, 9.17) is 4.74 Å². The fourth-order valence-corrected chi connectivity index (χ4v) is 5.20.